The molecule has 0 aliphatic carbocycles. The lowest BCUT2D eigenvalue weighted by Crippen LogP contribution is -2.09. The van der Waals surface area contributed by atoms with Crippen LogP contribution in [0.1, 0.15) is 16.6 Å². The Morgan fingerprint density at radius 1 is 1.27 bits per heavy atom. The smallest absolute Gasteiger partial charge is 0.267 e. The van der Waals surface area contributed by atoms with Gasteiger partial charge in [0.05, 0.1) is 11.5 Å². The Hall–Kier alpha value is -2.25. The van der Waals surface area contributed by atoms with Gasteiger partial charge in [0.25, 0.3) is 5.91 Å². The predicted octanol–water partition coefficient (Wildman–Crippen LogP) is 3.92. The molecule has 0 saturated heterocycles. The van der Waals surface area contributed by atoms with Crippen molar-refractivity contribution in [2.24, 2.45) is 0 Å². The maximum Gasteiger partial charge on any atom is 0.267 e. The second kappa shape index (κ2) is 6.67. The van der Waals surface area contributed by atoms with Gasteiger partial charge < -0.3 is 4.74 Å². The van der Waals surface area contributed by atoms with Gasteiger partial charge in [0, 0.05) is 17.1 Å². The van der Waals surface area contributed by atoms with E-state index in [-0.39, 0.29) is 5.91 Å². The molecular formula is C15H13N3O2S2. The molecule has 1 aromatic carbocycles. The summed E-state index contributed by atoms with van der Waals surface area (Å²) in [7, 11) is 0. The molecule has 0 bridgehead atoms. The molecule has 112 valence electrons. The highest BCUT2D eigenvalue weighted by molar-refractivity contribution is 7.12. The average Bonchev–Trinajstić information content (AvgIpc) is 3.19. The highest BCUT2D eigenvalue weighted by atomic mass is 32.1. The second-order valence-electron chi connectivity index (χ2n) is 4.31. The molecule has 0 saturated carbocycles. The number of anilines is 1. The third-order valence-corrected chi connectivity index (χ3v) is 4.31. The van der Waals surface area contributed by atoms with Crippen molar-refractivity contribution in [2.45, 2.75) is 6.92 Å². The Morgan fingerprint density at radius 2 is 2.09 bits per heavy atom. The fraction of sp³-hybridized carbons (Fsp3) is 0.133. The molecule has 5 nitrogen and oxygen atoms in total. The molecule has 1 amide bonds. The van der Waals surface area contributed by atoms with Gasteiger partial charge >= 0.3 is 0 Å². The molecular weight excluding hydrogens is 318 g/mol. The average molecular weight is 331 g/mol. The number of aromatic nitrogens is 2. The first kappa shape index (κ1) is 14.7. The van der Waals surface area contributed by atoms with E-state index in [1.807, 2.05) is 42.6 Å². The lowest BCUT2D eigenvalue weighted by atomic mass is 10.2. The molecule has 1 N–H and O–H groups in total. The zero-order valence-corrected chi connectivity index (χ0v) is 13.4. The van der Waals surface area contributed by atoms with Crippen molar-refractivity contribution in [3.63, 3.8) is 0 Å². The Kier molecular flexibility index (Phi) is 4.45. The van der Waals surface area contributed by atoms with Crippen LogP contribution in [-0.2, 0) is 0 Å². The molecule has 0 spiro atoms. The van der Waals surface area contributed by atoms with Crippen LogP contribution in [0.3, 0.4) is 0 Å². The van der Waals surface area contributed by atoms with E-state index >= 15 is 0 Å². The number of carbonyl (C=O) groups is 1. The first-order chi connectivity index (χ1) is 10.8. The number of carbonyl (C=O) groups excluding carboxylic acids is 1. The van der Waals surface area contributed by atoms with Gasteiger partial charge in [-0.1, -0.05) is 6.07 Å². The van der Waals surface area contributed by atoms with Gasteiger partial charge in [-0.25, -0.2) is 0 Å². The maximum atomic E-state index is 12.0. The van der Waals surface area contributed by atoms with Crippen LogP contribution in [0.15, 0.2) is 41.8 Å². The quantitative estimate of drug-likeness (QED) is 0.769. The van der Waals surface area contributed by atoms with Gasteiger partial charge in [0.1, 0.15) is 5.75 Å². The number of hydrogen-bond donors (Lipinski definition) is 1. The van der Waals surface area contributed by atoms with Crippen molar-refractivity contribution in [3.8, 4) is 17.1 Å². The molecule has 0 fully saturated rings. The predicted molar refractivity (Wildman–Crippen MR) is 88.8 cm³/mol. The van der Waals surface area contributed by atoms with Crippen LogP contribution in [0.25, 0.3) is 11.4 Å². The number of benzene rings is 1. The number of rotatable bonds is 5. The third-order valence-electron chi connectivity index (χ3n) is 2.81. The van der Waals surface area contributed by atoms with E-state index in [1.165, 1.54) is 11.3 Å². The monoisotopic (exact) mass is 331 g/mol. The summed E-state index contributed by atoms with van der Waals surface area (Å²) in [5.41, 5.74) is 0.885. The van der Waals surface area contributed by atoms with Crippen molar-refractivity contribution in [1.82, 2.24) is 9.36 Å². The summed E-state index contributed by atoms with van der Waals surface area (Å²) >= 11 is 2.55. The van der Waals surface area contributed by atoms with E-state index < -0.39 is 0 Å². The van der Waals surface area contributed by atoms with Gasteiger partial charge in [-0.05, 0) is 42.6 Å². The highest BCUT2D eigenvalue weighted by Gasteiger charge is 2.11. The number of amides is 1. The number of thiophene rings is 1. The fourth-order valence-electron chi connectivity index (χ4n) is 1.82. The van der Waals surface area contributed by atoms with Gasteiger partial charge in [-0.3, -0.25) is 10.1 Å². The molecule has 0 unspecified atom stereocenters. The Morgan fingerprint density at radius 3 is 2.77 bits per heavy atom. The van der Waals surface area contributed by atoms with Crippen molar-refractivity contribution in [3.05, 3.63) is 46.7 Å². The lowest BCUT2D eigenvalue weighted by Gasteiger charge is -2.02. The summed E-state index contributed by atoms with van der Waals surface area (Å²) in [6.45, 7) is 2.58. The van der Waals surface area contributed by atoms with Crippen molar-refractivity contribution >= 4 is 33.9 Å². The summed E-state index contributed by atoms with van der Waals surface area (Å²) in [4.78, 5) is 17.0. The second-order valence-corrected chi connectivity index (χ2v) is 6.01. The molecule has 0 radical (unpaired) electrons. The van der Waals surface area contributed by atoms with Crippen LogP contribution >= 0.6 is 22.9 Å². The molecule has 22 heavy (non-hydrogen) atoms. The minimum Gasteiger partial charge on any atom is -0.494 e. The lowest BCUT2D eigenvalue weighted by molar-refractivity contribution is 0.103. The van der Waals surface area contributed by atoms with Crippen LogP contribution in [0.4, 0.5) is 5.13 Å². The summed E-state index contributed by atoms with van der Waals surface area (Å²) < 4.78 is 9.68. The zero-order valence-electron chi connectivity index (χ0n) is 11.8. The fourth-order valence-corrected chi connectivity index (χ4v) is 3.03. The minimum absolute atomic E-state index is 0.163. The molecule has 0 atom stereocenters. The largest absolute Gasteiger partial charge is 0.494 e. The Balaban J connectivity index is 1.72. The van der Waals surface area contributed by atoms with E-state index in [1.54, 1.807) is 6.07 Å². The number of nitrogens with one attached hydrogen (secondary N) is 1. The third kappa shape index (κ3) is 3.32. The molecule has 3 rings (SSSR count). The van der Waals surface area contributed by atoms with E-state index in [0.717, 1.165) is 22.8 Å². The van der Waals surface area contributed by atoms with Gasteiger partial charge in [0.15, 0.2) is 5.82 Å². The SMILES string of the molecule is CCOc1ccc(-c2nsc(NC(=O)c3cccs3)n2)cc1. The van der Waals surface area contributed by atoms with Crippen LogP contribution in [0, 0.1) is 0 Å². The minimum atomic E-state index is -0.163. The Labute approximate surface area is 135 Å². The van der Waals surface area contributed by atoms with Gasteiger partial charge in [-0.15, -0.1) is 11.3 Å². The standard InChI is InChI=1S/C15H13N3O2S2/c1-2-20-11-7-5-10(6-8-11)13-16-15(22-18-13)17-14(19)12-4-3-9-21-12/h3-9H,2H2,1H3,(H,16,17,18,19). The molecule has 2 heterocycles. The summed E-state index contributed by atoms with van der Waals surface area (Å²) in [5.74, 6) is 1.24. The first-order valence-electron chi connectivity index (χ1n) is 6.68. The first-order valence-corrected chi connectivity index (χ1v) is 8.33. The van der Waals surface area contributed by atoms with Crippen LogP contribution < -0.4 is 10.1 Å². The number of hydrogen-bond acceptors (Lipinski definition) is 6. The Bertz CT molecular complexity index is 751. The van der Waals surface area contributed by atoms with Crippen LogP contribution in [-0.4, -0.2) is 21.9 Å². The van der Waals surface area contributed by atoms with Gasteiger partial charge in [-0.2, -0.15) is 9.36 Å². The maximum absolute atomic E-state index is 12.0. The van der Waals surface area contributed by atoms with Crippen LogP contribution in [0.2, 0.25) is 0 Å². The zero-order chi connectivity index (χ0) is 15.4. The van der Waals surface area contributed by atoms with E-state index in [0.29, 0.717) is 22.4 Å². The van der Waals surface area contributed by atoms with E-state index in [9.17, 15) is 4.79 Å². The molecule has 3 aromatic rings. The van der Waals surface area contributed by atoms with Crippen molar-refractivity contribution in [2.75, 3.05) is 11.9 Å². The number of ether oxygens (including phenoxy) is 1. The van der Waals surface area contributed by atoms with Gasteiger partial charge in [0.2, 0.25) is 5.13 Å². The normalized spacial score (nSPS) is 10.4. The molecule has 0 aliphatic heterocycles. The summed E-state index contributed by atoms with van der Waals surface area (Å²) in [6, 6.07) is 11.2. The molecule has 7 heteroatoms. The number of nitrogens with zero attached hydrogens (tertiary/aromatic N) is 2. The van der Waals surface area contributed by atoms with Crippen molar-refractivity contribution < 1.29 is 9.53 Å². The highest BCUT2D eigenvalue weighted by Crippen LogP contribution is 2.24. The topological polar surface area (TPSA) is 64.1 Å². The molecule has 2 aromatic heterocycles. The van der Waals surface area contributed by atoms with Crippen molar-refractivity contribution in [1.29, 1.82) is 0 Å². The summed E-state index contributed by atoms with van der Waals surface area (Å²) in [6.07, 6.45) is 0. The van der Waals surface area contributed by atoms with E-state index in [4.69, 9.17) is 4.74 Å². The molecule has 0 aliphatic rings. The van der Waals surface area contributed by atoms with Crippen LogP contribution in [0.5, 0.6) is 5.75 Å². The van der Waals surface area contributed by atoms with E-state index in [2.05, 4.69) is 14.7 Å². The summed E-state index contributed by atoms with van der Waals surface area (Å²) in [5, 5.41) is 5.11.